The molecule has 0 unspecified atom stereocenters. The van der Waals surface area contributed by atoms with Gasteiger partial charge in [-0.3, -0.25) is 9.80 Å². The lowest BCUT2D eigenvalue weighted by molar-refractivity contribution is -0.0175. The second kappa shape index (κ2) is 20.2. The molecule has 13 nitrogen and oxygen atoms in total. The van der Waals surface area contributed by atoms with E-state index < -0.39 is 11.9 Å². The molecular weight excluding hydrogens is 554 g/mol. The molecule has 6 N–H and O–H groups in total. The Kier molecular flexibility index (Phi) is 17.0. The van der Waals surface area contributed by atoms with E-state index in [9.17, 15) is 24.9 Å². The van der Waals surface area contributed by atoms with Crippen molar-refractivity contribution in [3.63, 3.8) is 0 Å². The zero-order valence-electron chi connectivity index (χ0n) is 23.1. The Balaban J connectivity index is 1.85. The number of ether oxygens (including phenoxy) is 2. The molecule has 0 aliphatic heterocycles. The first-order valence-corrected chi connectivity index (χ1v) is 14.5. The topological polar surface area (TPSA) is 192 Å². The van der Waals surface area contributed by atoms with Crippen LogP contribution in [0.15, 0.2) is 36.4 Å². The van der Waals surface area contributed by atoms with Crippen LogP contribution in [0.2, 0.25) is 0 Å². The van der Waals surface area contributed by atoms with E-state index in [1.165, 1.54) is 12.1 Å². The number of carbonyl (C=O) groups is 2. The third-order valence-electron chi connectivity index (χ3n) is 5.84. The predicted molar refractivity (Wildman–Crippen MR) is 154 cm³/mol. The average molecular weight is 596 g/mol. The van der Waals surface area contributed by atoms with E-state index >= 15 is 0 Å². The van der Waals surface area contributed by atoms with Crippen LogP contribution in [0.25, 0.3) is 0 Å². The third kappa shape index (κ3) is 14.2. The highest BCUT2D eigenvalue weighted by Gasteiger charge is 2.15. The minimum absolute atomic E-state index is 0.0275. The summed E-state index contributed by atoms with van der Waals surface area (Å²) in [5.41, 5.74) is 6.76. The van der Waals surface area contributed by atoms with Crippen LogP contribution in [0.3, 0.4) is 0 Å². The van der Waals surface area contributed by atoms with Crippen molar-refractivity contribution in [2.45, 2.75) is 19.2 Å². The van der Waals surface area contributed by atoms with Crippen molar-refractivity contribution in [3.8, 4) is 0 Å². The molecule has 0 bridgehead atoms. The highest BCUT2D eigenvalue weighted by Crippen LogP contribution is 2.09. The minimum Gasteiger partial charge on any atom is -0.477 e. The number of rotatable bonds is 23. The van der Waals surface area contributed by atoms with Crippen molar-refractivity contribution in [1.82, 2.24) is 19.8 Å². The van der Waals surface area contributed by atoms with E-state index in [0.29, 0.717) is 82.8 Å². The van der Waals surface area contributed by atoms with Crippen LogP contribution in [-0.4, -0.2) is 136 Å². The van der Waals surface area contributed by atoms with Gasteiger partial charge in [-0.2, -0.15) is 11.8 Å². The summed E-state index contributed by atoms with van der Waals surface area (Å²) < 4.78 is 12.0. The standard InChI is InChI=1S/C27H41N5O8S/c28-7-16-41-20-23(40-15-11-32(9-13-34)18-22-4-2-6-25(30-22)27(37)38)19-39-14-10-31(8-12-33)17-21-3-1-5-24(29-21)26(35)36/h1-6,23,33-34H,7-20,28H2,(H,35,36)(H,37,38)/t23-/m0/s1. The predicted octanol–water partition coefficient (Wildman–Crippen LogP) is 0.256. The van der Waals surface area contributed by atoms with Crippen LogP contribution in [0.5, 0.6) is 0 Å². The maximum atomic E-state index is 11.2. The van der Waals surface area contributed by atoms with Crippen molar-refractivity contribution < 1.29 is 39.5 Å². The molecule has 228 valence electrons. The van der Waals surface area contributed by atoms with Gasteiger partial charge < -0.3 is 35.6 Å². The van der Waals surface area contributed by atoms with Gasteiger partial charge in [0.15, 0.2) is 0 Å². The zero-order valence-corrected chi connectivity index (χ0v) is 24.0. The van der Waals surface area contributed by atoms with E-state index in [1.54, 1.807) is 36.0 Å². The zero-order chi connectivity index (χ0) is 29.9. The number of carboxylic acid groups (broad SMARTS) is 2. The molecule has 0 saturated heterocycles. The lowest BCUT2D eigenvalue weighted by atomic mass is 10.3. The van der Waals surface area contributed by atoms with Crippen LogP contribution in [0.1, 0.15) is 32.4 Å². The first kappa shape index (κ1) is 34.5. The number of pyridine rings is 2. The lowest BCUT2D eigenvalue weighted by Gasteiger charge is -2.24. The minimum atomic E-state index is -1.09. The van der Waals surface area contributed by atoms with Gasteiger partial charge in [0.2, 0.25) is 0 Å². The van der Waals surface area contributed by atoms with Gasteiger partial charge in [0.25, 0.3) is 0 Å². The molecule has 0 radical (unpaired) electrons. The normalized spacial score (nSPS) is 12.2. The summed E-state index contributed by atoms with van der Waals surface area (Å²) in [6, 6.07) is 9.65. The van der Waals surface area contributed by atoms with Crippen molar-refractivity contribution in [1.29, 1.82) is 0 Å². The third-order valence-corrected chi connectivity index (χ3v) is 6.97. The Hall–Kier alpha value is -2.69. The lowest BCUT2D eigenvalue weighted by Crippen LogP contribution is -2.34. The maximum absolute atomic E-state index is 11.2. The molecular formula is C27H41N5O8S. The molecule has 41 heavy (non-hydrogen) atoms. The largest absolute Gasteiger partial charge is 0.477 e. The van der Waals surface area contributed by atoms with Crippen LogP contribution in [-0.2, 0) is 22.6 Å². The number of thioether (sulfide) groups is 1. The summed E-state index contributed by atoms with van der Waals surface area (Å²) in [6.45, 7) is 4.08. The molecule has 0 fully saturated rings. The molecule has 0 amide bonds. The Morgan fingerprint density at radius 2 is 1.39 bits per heavy atom. The fourth-order valence-corrected chi connectivity index (χ4v) is 4.64. The Morgan fingerprint density at radius 1 is 0.854 bits per heavy atom. The molecule has 2 rings (SSSR count). The number of nitrogens with zero attached hydrogens (tertiary/aromatic N) is 4. The van der Waals surface area contributed by atoms with E-state index in [1.807, 2.05) is 9.80 Å². The number of aliphatic hydroxyl groups excluding tert-OH is 2. The van der Waals surface area contributed by atoms with Gasteiger partial charge in [-0.25, -0.2) is 19.6 Å². The Morgan fingerprint density at radius 3 is 1.88 bits per heavy atom. The van der Waals surface area contributed by atoms with Gasteiger partial charge in [0.1, 0.15) is 11.4 Å². The van der Waals surface area contributed by atoms with E-state index in [2.05, 4.69) is 9.97 Å². The number of aromatic carboxylic acids is 2. The summed E-state index contributed by atoms with van der Waals surface area (Å²) in [5, 5.41) is 37.3. The van der Waals surface area contributed by atoms with Crippen molar-refractivity contribution in [2.75, 3.05) is 77.3 Å². The van der Waals surface area contributed by atoms with Gasteiger partial charge in [0, 0.05) is 57.3 Å². The van der Waals surface area contributed by atoms with Crippen molar-refractivity contribution in [3.05, 3.63) is 59.2 Å². The monoisotopic (exact) mass is 595 g/mol. The average Bonchev–Trinajstić information content (AvgIpc) is 2.95. The smallest absolute Gasteiger partial charge is 0.354 e. The van der Waals surface area contributed by atoms with Crippen molar-refractivity contribution in [2.24, 2.45) is 5.73 Å². The first-order chi connectivity index (χ1) is 19.9. The van der Waals surface area contributed by atoms with Crippen LogP contribution < -0.4 is 5.73 Å². The number of aliphatic hydroxyl groups is 2. The second-order valence-electron chi connectivity index (χ2n) is 9.07. The number of hydrogen-bond donors (Lipinski definition) is 5. The molecule has 0 aliphatic carbocycles. The van der Waals surface area contributed by atoms with Crippen LogP contribution >= 0.6 is 11.8 Å². The van der Waals surface area contributed by atoms with Gasteiger partial charge >= 0.3 is 11.9 Å². The summed E-state index contributed by atoms with van der Waals surface area (Å²) in [6.07, 6.45) is -0.198. The molecule has 0 saturated carbocycles. The van der Waals surface area contributed by atoms with E-state index in [4.69, 9.17) is 20.3 Å². The summed E-state index contributed by atoms with van der Waals surface area (Å²) in [4.78, 5) is 34.6. The molecule has 0 aromatic carbocycles. The Bertz CT molecular complexity index is 1050. The molecule has 2 heterocycles. The van der Waals surface area contributed by atoms with E-state index in [-0.39, 0.29) is 30.7 Å². The number of aromatic nitrogens is 2. The molecule has 2 aromatic rings. The molecule has 2 aromatic heterocycles. The number of carboxylic acids is 2. The first-order valence-electron chi connectivity index (χ1n) is 13.4. The maximum Gasteiger partial charge on any atom is 0.354 e. The van der Waals surface area contributed by atoms with Gasteiger partial charge in [-0.15, -0.1) is 0 Å². The molecule has 14 heteroatoms. The molecule has 0 aliphatic rings. The SMILES string of the molecule is NCCSC[C@H](COCCN(CCO)Cc1cccc(C(=O)O)n1)OCCN(CCO)Cc1cccc(C(=O)O)n1. The second-order valence-corrected chi connectivity index (χ2v) is 10.2. The Labute approximate surface area is 244 Å². The fraction of sp³-hybridized carbons (Fsp3) is 0.556. The quantitative estimate of drug-likeness (QED) is 0.110. The molecule has 0 spiro atoms. The molecule has 1 atom stereocenters. The highest BCUT2D eigenvalue weighted by atomic mass is 32.2. The van der Waals surface area contributed by atoms with Gasteiger partial charge in [-0.1, -0.05) is 12.1 Å². The van der Waals surface area contributed by atoms with Gasteiger partial charge in [-0.05, 0) is 24.3 Å². The number of nitrogens with two attached hydrogens (primary N) is 1. The van der Waals surface area contributed by atoms with Crippen LogP contribution in [0.4, 0.5) is 0 Å². The fourth-order valence-electron chi connectivity index (χ4n) is 3.85. The van der Waals surface area contributed by atoms with E-state index in [0.717, 1.165) is 5.75 Å². The van der Waals surface area contributed by atoms with Crippen LogP contribution in [0, 0.1) is 0 Å². The highest BCUT2D eigenvalue weighted by molar-refractivity contribution is 7.99. The summed E-state index contributed by atoms with van der Waals surface area (Å²) in [7, 11) is 0. The van der Waals surface area contributed by atoms with Crippen molar-refractivity contribution >= 4 is 23.7 Å². The number of hydrogen-bond acceptors (Lipinski definition) is 12. The summed E-state index contributed by atoms with van der Waals surface area (Å²) in [5.74, 6) is -0.711. The van der Waals surface area contributed by atoms with Gasteiger partial charge in [0.05, 0.1) is 50.5 Å². The summed E-state index contributed by atoms with van der Waals surface area (Å²) >= 11 is 1.67.